The number of benzene rings is 2. The van der Waals surface area contributed by atoms with E-state index in [4.69, 9.17) is 16.9 Å². The predicted molar refractivity (Wildman–Crippen MR) is 101 cm³/mol. The van der Waals surface area contributed by atoms with E-state index in [2.05, 4.69) is 5.92 Å². The molecular weight excluding hydrogens is 328 g/mol. The molecule has 2 N–H and O–H groups in total. The number of hydrogen-bond donors (Lipinski definition) is 1. The third-order valence-corrected chi connectivity index (χ3v) is 4.65. The molecule has 0 aromatic heterocycles. The molecule has 1 amide bonds. The van der Waals surface area contributed by atoms with E-state index in [1.165, 1.54) is 14.0 Å². The van der Waals surface area contributed by atoms with Crippen LogP contribution in [0.3, 0.4) is 0 Å². The number of carbonyl (C=O) groups is 2. The first kappa shape index (κ1) is 17.7. The van der Waals surface area contributed by atoms with Gasteiger partial charge in [0.2, 0.25) is 5.91 Å². The van der Waals surface area contributed by atoms with Crippen molar-refractivity contribution >= 4 is 17.6 Å². The third kappa shape index (κ3) is 3.07. The average molecular weight is 348 g/mol. The first-order valence-electron chi connectivity index (χ1n) is 8.30. The normalized spacial score (nSPS) is 18.6. The molecule has 26 heavy (non-hydrogen) atoms. The fraction of sp³-hybridized carbons (Fsp3) is 0.238. The van der Waals surface area contributed by atoms with Crippen LogP contribution in [0.25, 0.3) is 11.1 Å². The number of hydrogen-bond acceptors (Lipinski definition) is 4. The number of ether oxygens (including phenoxy) is 1. The molecule has 1 aliphatic heterocycles. The molecule has 3 rings (SSSR count). The molecule has 1 heterocycles. The summed E-state index contributed by atoms with van der Waals surface area (Å²) in [5.41, 5.74) is 10.4. The SMILES string of the molecule is C#CC1CC(N)c2cc(-c3ccc(C(=O)OC)cc3)ccc2N1C(C)=O. The lowest BCUT2D eigenvalue weighted by atomic mass is 9.89. The van der Waals surface area contributed by atoms with Gasteiger partial charge >= 0.3 is 5.97 Å². The number of amides is 1. The number of nitrogens with zero attached hydrogens (tertiary/aromatic N) is 1. The fourth-order valence-corrected chi connectivity index (χ4v) is 3.34. The van der Waals surface area contributed by atoms with Crippen LogP contribution in [0.15, 0.2) is 42.5 Å². The average Bonchev–Trinajstić information content (AvgIpc) is 2.66. The van der Waals surface area contributed by atoms with Crippen LogP contribution in [0.2, 0.25) is 0 Å². The number of carbonyl (C=O) groups excluding carboxylic acids is 2. The molecule has 2 aromatic carbocycles. The van der Waals surface area contributed by atoms with Crippen molar-refractivity contribution in [1.29, 1.82) is 0 Å². The van der Waals surface area contributed by atoms with E-state index in [9.17, 15) is 9.59 Å². The molecule has 0 bridgehead atoms. The van der Waals surface area contributed by atoms with Gasteiger partial charge < -0.3 is 10.5 Å². The first-order chi connectivity index (χ1) is 12.5. The Morgan fingerprint density at radius 2 is 1.85 bits per heavy atom. The summed E-state index contributed by atoms with van der Waals surface area (Å²) in [5.74, 6) is 2.18. The summed E-state index contributed by atoms with van der Waals surface area (Å²) in [6.45, 7) is 1.50. The summed E-state index contributed by atoms with van der Waals surface area (Å²) < 4.78 is 4.72. The van der Waals surface area contributed by atoms with Crippen LogP contribution < -0.4 is 10.6 Å². The Labute approximate surface area is 152 Å². The number of fused-ring (bicyclic) bond motifs is 1. The molecule has 0 radical (unpaired) electrons. The topological polar surface area (TPSA) is 72.6 Å². The summed E-state index contributed by atoms with van der Waals surface area (Å²) in [6, 6.07) is 12.4. The maximum Gasteiger partial charge on any atom is 0.337 e. The van der Waals surface area contributed by atoms with E-state index in [-0.39, 0.29) is 24.0 Å². The van der Waals surface area contributed by atoms with Gasteiger partial charge in [-0.2, -0.15) is 0 Å². The van der Waals surface area contributed by atoms with Crippen LogP contribution in [-0.2, 0) is 9.53 Å². The van der Waals surface area contributed by atoms with Crippen LogP contribution >= 0.6 is 0 Å². The molecule has 5 nitrogen and oxygen atoms in total. The first-order valence-corrected chi connectivity index (χ1v) is 8.30. The molecule has 5 heteroatoms. The summed E-state index contributed by atoms with van der Waals surface area (Å²) in [5, 5.41) is 0. The van der Waals surface area contributed by atoms with Gasteiger partial charge in [0, 0.05) is 18.7 Å². The lowest BCUT2D eigenvalue weighted by Gasteiger charge is -2.37. The van der Waals surface area contributed by atoms with E-state index < -0.39 is 0 Å². The van der Waals surface area contributed by atoms with Crippen molar-refractivity contribution in [2.24, 2.45) is 5.73 Å². The molecule has 0 aliphatic carbocycles. The maximum absolute atomic E-state index is 12.1. The highest BCUT2D eigenvalue weighted by Gasteiger charge is 2.32. The Hall–Kier alpha value is -3.10. The van der Waals surface area contributed by atoms with Crippen LogP contribution in [0.1, 0.15) is 35.3 Å². The number of methoxy groups -OCH3 is 1. The van der Waals surface area contributed by atoms with Gasteiger partial charge in [-0.1, -0.05) is 24.1 Å². The zero-order valence-corrected chi connectivity index (χ0v) is 14.7. The highest BCUT2D eigenvalue weighted by molar-refractivity contribution is 5.95. The number of terminal acetylenes is 1. The molecule has 0 fully saturated rings. The lowest BCUT2D eigenvalue weighted by molar-refractivity contribution is -0.116. The highest BCUT2D eigenvalue weighted by Crippen LogP contribution is 2.38. The van der Waals surface area contributed by atoms with Gasteiger partial charge in [0.15, 0.2) is 0 Å². The van der Waals surface area contributed by atoms with Crippen molar-refractivity contribution in [1.82, 2.24) is 0 Å². The Kier molecular flexibility index (Phi) is 4.79. The standard InChI is InChI=1S/C21H20N2O3/c1-4-17-12-19(22)18-11-16(9-10-20(18)23(17)13(2)24)14-5-7-15(8-6-14)21(25)26-3/h1,5-11,17,19H,12,22H2,2-3H3. The molecule has 1 aliphatic rings. The second-order valence-electron chi connectivity index (χ2n) is 6.26. The van der Waals surface area contributed by atoms with E-state index in [1.807, 2.05) is 30.3 Å². The predicted octanol–water partition coefficient (Wildman–Crippen LogP) is 2.90. The maximum atomic E-state index is 12.1. The van der Waals surface area contributed by atoms with Crippen molar-refractivity contribution in [2.75, 3.05) is 12.0 Å². The van der Waals surface area contributed by atoms with E-state index in [0.717, 1.165) is 22.4 Å². The molecule has 132 valence electrons. The van der Waals surface area contributed by atoms with Crippen LogP contribution in [0, 0.1) is 12.3 Å². The minimum absolute atomic E-state index is 0.101. The van der Waals surface area contributed by atoms with Gasteiger partial charge in [-0.25, -0.2) is 4.79 Å². The second kappa shape index (κ2) is 7.03. The molecule has 2 unspecified atom stereocenters. The van der Waals surface area contributed by atoms with E-state index >= 15 is 0 Å². The summed E-state index contributed by atoms with van der Waals surface area (Å²) >= 11 is 0. The Balaban J connectivity index is 2.01. The van der Waals surface area contributed by atoms with Gasteiger partial charge in [0.25, 0.3) is 0 Å². The monoisotopic (exact) mass is 348 g/mol. The van der Waals surface area contributed by atoms with Gasteiger partial charge in [0.05, 0.1) is 18.7 Å². The van der Waals surface area contributed by atoms with Crippen molar-refractivity contribution in [3.8, 4) is 23.5 Å². The summed E-state index contributed by atoms with van der Waals surface area (Å²) in [4.78, 5) is 25.3. The molecule has 0 saturated carbocycles. The summed E-state index contributed by atoms with van der Waals surface area (Å²) in [6.07, 6.45) is 6.11. The largest absolute Gasteiger partial charge is 0.465 e. The third-order valence-electron chi connectivity index (χ3n) is 4.65. The lowest BCUT2D eigenvalue weighted by Crippen LogP contribution is -2.44. The molecular formula is C21H20N2O3. The van der Waals surface area contributed by atoms with Crippen LogP contribution in [0.5, 0.6) is 0 Å². The van der Waals surface area contributed by atoms with Crippen molar-refractivity contribution < 1.29 is 14.3 Å². The van der Waals surface area contributed by atoms with Gasteiger partial charge in [-0.05, 0) is 47.4 Å². The number of anilines is 1. The van der Waals surface area contributed by atoms with E-state index in [1.54, 1.807) is 17.0 Å². The van der Waals surface area contributed by atoms with Gasteiger partial charge in [0.1, 0.15) is 0 Å². The quantitative estimate of drug-likeness (QED) is 0.669. The molecule has 2 atom stereocenters. The Bertz CT molecular complexity index is 896. The molecule has 0 spiro atoms. The Morgan fingerprint density at radius 1 is 1.19 bits per heavy atom. The van der Waals surface area contributed by atoms with E-state index in [0.29, 0.717) is 12.0 Å². The molecule has 0 saturated heterocycles. The van der Waals surface area contributed by atoms with Gasteiger partial charge in [-0.3, -0.25) is 9.69 Å². The number of esters is 1. The fourth-order valence-electron chi connectivity index (χ4n) is 3.34. The van der Waals surface area contributed by atoms with Crippen molar-refractivity contribution in [3.63, 3.8) is 0 Å². The zero-order valence-electron chi connectivity index (χ0n) is 14.7. The number of nitrogens with two attached hydrogens (primary N) is 1. The van der Waals surface area contributed by atoms with Gasteiger partial charge in [-0.15, -0.1) is 6.42 Å². The minimum Gasteiger partial charge on any atom is -0.465 e. The second-order valence-corrected chi connectivity index (χ2v) is 6.26. The Morgan fingerprint density at radius 3 is 2.42 bits per heavy atom. The highest BCUT2D eigenvalue weighted by atomic mass is 16.5. The number of rotatable bonds is 2. The summed E-state index contributed by atoms with van der Waals surface area (Å²) in [7, 11) is 1.35. The smallest absolute Gasteiger partial charge is 0.337 e. The van der Waals surface area contributed by atoms with Crippen molar-refractivity contribution in [3.05, 3.63) is 53.6 Å². The van der Waals surface area contributed by atoms with Crippen LogP contribution in [-0.4, -0.2) is 25.0 Å². The van der Waals surface area contributed by atoms with Crippen LogP contribution in [0.4, 0.5) is 5.69 Å². The molecule has 2 aromatic rings. The zero-order chi connectivity index (χ0) is 18.8. The van der Waals surface area contributed by atoms with Crippen molar-refractivity contribution in [2.45, 2.75) is 25.4 Å². The minimum atomic E-state index is -0.374.